The van der Waals surface area contributed by atoms with Crippen LogP contribution >= 0.6 is 11.8 Å². The number of hydrogen-bond acceptors (Lipinski definition) is 7. The van der Waals surface area contributed by atoms with Crippen molar-refractivity contribution >= 4 is 51.1 Å². The van der Waals surface area contributed by atoms with Crippen LogP contribution in [0.25, 0.3) is 22.1 Å². The maximum Gasteiger partial charge on any atom is 0.292 e. The Bertz CT molecular complexity index is 1220. The first kappa shape index (κ1) is 17.9. The molecule has 0 aliphatic heterocycles. The molecule has 1 amide bonds. The maximum absolute atomic E-state index is 12.2. The van der Waals surface area contributed by atoms with Crippen molar-refractivity contribution in [2.45, 2.75) is 12.1 Å². The SMILES string of the molecule is Cc1ccc2[nH]c3nc(SCC(=O)Nc4ccccc4[N+](=O)[O-])nnc3c2c1. The number of aryl methyl sites for hydroxylation is 1. The summed E-state index contributed by atoms with van der Waals surface area (Å²) in [6.45, 7) is 2.00. The molecule has 0 atom stereocenters. The number of nitrogens with one attached hydrogen (secondary N) is 2. The molecule has 10 heteroatoms. The monoisotopic (exact) mass is 394 g/mol. The fraction of sp³-hybridized carbons (Fsp3) is 0.111. The molecule has 0 spiro atoms. The van der Waals surface area contributed by atoms with Gasteiger partial charge in [-0.3, -0.25) is 14.9 Å². The van der Waals surface area contributed by atoms with E-state index in [0.717, 1.165) is 28.2 Å². The second kappa shape index (κ2) is 7.24. The molecular formula is C18H14N6O3S. The summed E-state index contributed by atoms with van der Waals surface area (Å²) in [5.74, 6) is -0.395. The second-order valence-corrected chi connectivity index (χ2v) is 7.02. The van der Waals surface area contributed by atoms with Gasteiger partial charge in [-0.15, -0.1) is 10.2 Å². The van der Waals surface area contributed by atoms with E-state index in [4.69, 9.17) is 0 Å². The van der Waals surface area contributed by atoms with Gasteiger partial charge < -0.3 is 10.3 Å². The van der Waals surface area contributed by atoms with Crippen molar-refractivity contribution in [3.8, 4) is 0 Å². The van der Waals surface area contributed by atoms with Gasteiger partial charge in [-0.1, -0.05) is 35.5 Å². The summed E-state index contributed by atoms with van der Waals surface area (Å²) in [6.07, 6.45) is 0. The van der Waals surface area contributed by atoms with E-state index in [1.165, 1.54) is 12.1 Å². The Kier molecular flexibility index (Phi) is 4.62. The van der Waals surface area contributed by atoms with Crippen LogP contribution in [0.3, 0.4) is 0 Å². The number of para-hydroxylation sites is 2. The van der Waals surface area contributed by atoms with E-state index in [-0.39, 0.29) is 17.1 Å². The zero-order valence-electron chi connectivity index (χ0n) is 14.7. The maximum atomic E-state index is 12.2. The summed E-state index contributed by atoms with van der Waals surface area (Å²) >= 11 is 1.10. The van der Waals surface area contributed by atoms with E-state index >= 15 is 0 Å². The fourth-order valence-corrected chi connectivity index (χ4v) is 3.37. The molecule has 2 aromatic heterocycles. The molecular weight excluding hydrogens is 380 g/mol. The van der Waals surface area contributed by atoms with Gasteiger partial charge in [0.15, 0.2) is 5.65 Å². The van der Waals surface area contributed by atoms with Crippen LogP contribution in [-0.4, -0.2) is 36.7 Å². The third-order valence-corrected chi connectivity index (χ3v) is 4.90. The van der Waals surface area contributed by atoms with Crippen LogP contribution in [0.1, 0.15) is 5.56 Å². The molecule has 2 heterocycles. The summed E-state index contributed by atoms with van der Waals surface area (Å²) in [4.78, 5) is 30.2. The average molecular weight is 394 g/mol. The van der Waals surface area contributed by atoms with Gasteiger partial charge in [-0.25, -0.2) is 4.98 Å². The Hall–Kier alpha value is -3.53. The Balaban J connectivity index is 1.49. The Morgan fingerprint density at radius 1 is 1.25 bits per heavy atom. The summed E-state index contributed by atoms with van der Waals surface area (Å²) in [5.41, 5.74) is 3.29. The highest BCUT2D eigenvalue weighted by Gasteiger charge is 2.16. The molecule has 4 rings (SSSR count). The molecule has 0 fully saturated rings. The lowest BCUT2D eigenvalue weighted by Gasteiger charge is -2.05. The predicted molar refractivity (Wildman–Crippen MR) is 106 cm³/mol. The van der Waals surface area contributed by atoms with Crippen LogP contribution in [-0.2, 0) is 4.79 Å². The van der Waals surface area contributed by atoms with Crippen LogP contribution in [0.4, 0.5) is 11.4 Å². The third-order valence-electron chi connectivity index (χ3n) is 4.06. The van der Waals surface area contributed by atoms with E-state index in [1.54, 1.807) is 12.1 Å². The smallest absolute Gasteiger partial charge is 0.292 e. The number of nitrogens with zero attached hydrogens (tertiary/aromatic N) is 4. The minimum atomic E-state index is -0.540. The van der Waals surface area contributed by atoms with Gasteiger partial charge in [-0.05, 0) is 25.1 Å². The van der Waals surface area contributed by atoms with Crippen LogP contribution in [0.5, 0.6) is 0 Å². The van der Waals surface area contributed by atoms with Crippen LogP contribution in [0.2, 0.25) is 0 Å². The van der Waals surface area contributed by atoms with Gasteiger partial charge in [-0.2, -0.15) is 0 Å². The zero-order valence-corrected chi connectivity index (χ0v) is 15.5. The predicted octanol–water partition coefficient (Wildman–Crippen LogP) is 3.45. The highest BCUT2D eigenvalue weighted by Crippen LogP contribution is 2.26. The van der Waals surface area contributed by atoms with Gasteiger partial charge in [0.1, 0.15) is 11.2 Å². The molecule has 2 aromatic carbocycles. The molecule has 0 aliphatic carbocycles. The number of hydrogen-bond donors (Lipinski definition) is 2. The highest BCUT2D eigenvalue weighted by molar-refractivity contribution is 7.99. The molecule has 0 radical (unpaired) electrons. The van der Waals surface area contributed by atoms with E-state index in [1.807, 2.05) is 25.1 Å². The number of nitro benzene ring substituents is 1. The Morgan fingerprint density at radius 2 is 2.07 bits per heavy atom. The Morgan fingerprint density at radius 3 is 2.89 bits per heavy atom. The van der Waals surface area contributed by atoms with Crippen molar-refractivity contribution < 1.29 is 9.72 Å². The van der Waals surface area contributed by atoms with Crippen LogP contribution < -0.4 is 5.32 Å². The minimum Gasteiger partial charge on any atom is -0.338 e. The number of thioether (sulfide) groups is 1. The number of aromatic nitrogens is 4. The zero-order chi connectivity index (χ0) is 19.7. The second-order valence-electron chi connectivity index (χ2n) is 6.08. The lowest BCUT2D eigenvalue weighted by atomic mass is 10.2. The third kappa shape index (κ3) is 3.49. The largest absolute Gasteiger partial charge is 0.338 e. The van der Waals surface area contributed by atoms with Gasteiger partial charge in [0, 0.05) is 17.0 Å². The normalized spacial score (nSPS) is 11.0. The van der Waals surface area contributed by atoms with Crippen molar-refractivity contribution in [2.75, 3.05) is 11.1 Å². The van der Waals surface area contributed by atoms with Gasteiger partial charge >= 0.3 is 0 Å². The van der Waals surface area contributed by atoms with E-state index in [0.29, 0.717) is 16.3 Å². The summed E-state index contributed by atoms with van der Waals surface area (Å²) in [6, 6.07) is 11.9. The lowest BCUT2D eigenvalue weighted by molar-refractivity contribution is -0.383. The summed E-state index contributed by atoms with van der Waals surface area (Å²) < 4.78 is 0. The van der Waals surface area contributed by atoms with Gasteiger partial charge in [0.05, 0.1) is 10.7 Å². The van der Waals surface area contributed by atoms with Gasteiger partial charge in [0.2, 0.25) is 11.1 Å². The summed E-state index contributed by atoms with van der Waals surface area (Å²) in [5, 5.41) is 23.1. The van der Waals surface area contributed by atoms with E-state index in [9.17, 15) is 14.9 Å². The lowest BCUT2D eigenvalue weighted by Crippen LogP contribution is -2.15. The molecule has 0 bridgehead atoms. The average Bonchev–Trinajstić information content (AvgIpc) is 3.03. The van der Waals surface area contributed by atoms with Crippen LogP contribution in [0.15, 0.2) is 47.6 Å². The molecule has 0 saturated carbocycles. The number of H-pyrrole nitrogens is 1. The van der Waals surface area contributed by atoms with Gasteiger partial charge in [0.25, 0.3) is 5.69 Å². The first-order valence-corrected chi connectivity index (χ1v) is 9.28. The van der Waals surface area contributed by atoms with Crippen molar-refractivity contribution in [3.05, 3.63) is 58.1 Å². The topological polar surface area (TPSA) is 127 Å². The molecule has 4 aromatic rings. The van der Waals surface area contributed by atoms with Crippen molar-refractivity contribution in [1.29, 1.82) is 0 Å². The molecule has 2 N–H and O–H groups in total. The number of anilines is 1. The fourth-order valence-electron chi connectivity index (χ4n) is 2.79. The number of aromatic amines is 1. The van der Waals surface area contributed by atoms with E-state index in [2.05, 4.69) is 25.5 Å². The first-order valence-electron chi connectivity index (χ1n) is 8.30. The number of carbonyl (C=O) groups excluding carboxylic acids is 1. The van der Waals surface area contributed by atoms with Crippen molar-refractivity contribution in [1.82, 2.24) is 20.2 Å². The number of rotatable bonds is 5. The quantitative estimate of drug-likeness (QED) is 0.301. The van der Waals surface area contributed by atoms with E-state index < -0.39 is 10.8 Å². The molecule has 140 valence electrons. The molecule has 9 nitrogen and oxygen atoms in total. The molecule has 0 saturated heterocycles. The van der Waals surface area contributed by atoms with Crippen LogP contribution in [0, 0.1) is 17.0 Å². The Labute approximate surface area is 162 Å². The number of amides is 1. The standard InChI is InChI=1S/C18H14N6O3S/c1-10-6-7-12-11(8-10)16-17(20-12)21-18(23-22-16)28-9-15(25)19-13-4-2-3-5-14(13)24(26)27/h2-8H,9H2,1H3,(H,19,25)(H,20,21,23). The minimum absolute atomic E-state index is 0.00142. The number of nitro groups is 1. The van der Waals surface area contributed by atoms with Crippen molar-refractivity contribution in [2.24, 2.45) is 0 Å². The number of carbonyl (C=O) groups is 1. The molecule has 0 unspecified atom stereocenters. The summed E-state index contributed by atoms with van der Waals surface area (Å²) in [7, 11) is 0. The number of benzene rings is 2. The molecule has 28 heavy (non-hydrogen) atoms. The first-order chi connectivity index (χ1) is 13.5. The number of fused-ring (bicyclic) bond motifs is 3. The highest BCUT2D eigenvalue weighted by atomic mass is 32.2. The molecule has 0 aliphatic rings. The van der Waals surface area contributed by atoms with Crippen molar-refractivity contribution in [3.63, 3.8) is 0 Å².